The largest absolute Gasteiger partial charge is 0.447 e. The van der Waals surface area contributed by atoms with Gasteiger partial charge in [-0.3, -0.25) is 0 Å². The molecular weight excluding hydrogens is 137 g/mol. The third-order valence-electron chi connectivity index (χ3n) is 1.68. The highest BCUT2D eigenvalue weighted by molar-refractivity contribution is 4.67. The van der Waals surface area contributed by atoms with Gasteiger partial charge in [-0.2, -0.15) is 0 Å². The molecule has 0 aromatic heterocycles. The van der Waals surface area contributed by atoms with Crippen molar-refractivity contribution in [3.63, 3.8) is 0 Å². The van der Waals surface area contributed by atoms with Crippen LogP contribution in [0.3, 0.4) is 0 Å². The summed E-state index contributed by atoms with van der Waals surface area (Å²) in [6.07, 6.45) is 14.8. The fourth-order valence-corrected chi connectivity index (χ4v) is 1.01. The van der Waals surface area contributed by atoms with Gasteiger partial charge in [0, 0.05) is 0 Å². The van der Waals surface area contributed by atoms with E-state index in [4.69, 9.17) is 11.2 Å². The summed E-state index contributed by atoms with van der Waals surface area (Å²) in [6, 6.07) is 0. The highest BCUT2D eigenvalue weighted by atomic mass is 16.5. The van der Waals surface area contributed by atoms with Crippen LogP contribution in [0, 0.1) is 12.5 Å². The average Bonchev–Trinajstić information content (AvgIpc) is 2.03. The molecule has 0 saturated heterocycles. The van der Waals surface area contributed by atoms with Crippen molar-refractivity contribution in [1.29, 1.82) is 0 Å². The number of unbranched alkanes of at least 4 members (excludes halogenated alkanes) is 5. The number of rotatable bonds is 7. The average molecular weight is 155 g/mol. The molecule has 0 amide bonds. The fraction of sp³-hybridized carbons (Fsp3) is 0.800. The molecule has 0 aliphatic carbocycles. The first kappa shape index (κ1) is 10.4. The maximum Gasteiger partial charge on any atom is 0.106 e. The molecule has 0 heterocycles. The Kier molecular flexibility index (Phi) is 8.82. The monoisotopic (exact) mass is 155 g/mol. The first-order valence-corrected chi connectivity index (χ1v) is 4.49. The lowest BCUT2D eigenvalue weighted by Crippen LogP contribution is -1.87. The molecule has 1 nitrogen and oxygen atoms in total. The van der Waals surface area contributed by atoms with Gasteiger partial charge in [0.05, 0.1) is 0 Å². The smallest absolute Gasteiger partial charge is 0.106 e. The Bertz CT molecular complexity index is 102. The molecule has 64 valence electrons. The van der Waals surface area contributed by atoms with Crippen LogP contribution in [-0.2, 0) is 4.74 Å². The van der Waals surface area contributed by atoms with E-state index in [1.807, 2.05) is 0 Å². The highest BCUT2D eigenvalue weighted by Gasteiger charge is 1.88. The molecule has 0 aliphatic rings. The summed E-state index contributed by atoms with van der Waals surface area (Å²) in [7, 11) is 0. The van der Waals surface area contributed by atoms with Crippen molar-refractivity contribution in [1.82, 2.24) is 0 Å². The molecule has 0 saturated carbocycles. The van der Waals surface area contributed by atoms with Crippen LogP contribution < -0.4 is 0 Å². The van der Waals surface area contributed by atoms with E-state index in [1.54, 1.807) is 0 Å². The Labute approximate surface area is 70.1 Å². The van der Waals surface area contributed by atoms with Crippen molar-refractivity contribution < 1.29 is 4.74 Å². The van der Waals surface area contributed by atoms with Gasteiger partial charge in [0.25, 0.3) is 0 Å². The number of ether oxygens (including phenoxy) is 1. The van der Waals surface area contributed by atoms with Crippen LogP contribution in [0.1, 0.15) is 45.4 Å². The Hall–Kier alpha value is -0.640. The van der Waals surface area contributed by atoms with Gasteiger partial charge in [-0.25, -0.2) is 0 Å². The van der Waals surface area contributed by atoms with E-state index in [0.717, 1.165) is 13.0 Å². The van der Waals surface area contributed by atoms with Crippen molar-refractivity contribution in [2.45, 2.75) is 45.4 Å². The zero-order chi connectivity index (χ0) is 8.36. The first-order chi connectivity index (χ1) is 5.41. The standard InChI is InChI=1S/C10H18O/c1-3-5-6-7-8-9-10-11-4-2/h2H,3,5-10H2,1H3/i9+1. The molecule has 0 unspecified atom stereocenters. The molecule has 0 aliphatic heterocycles. The van der Waals surface area contributed by atoms with E-state index in [9.17, 15) is 0 Å². The van der Waals surface area contributed by atoms with E-state index in [1.165, 1.54) is 32.1 Å². The molecule has 0 rings (SSSR count). The second-order valence-electron chi connectivity index (χ2n) is 2.73. The van der Waals surface area contributed by atoms with Gasteiger partial charge in [-0.1, -0.05) is 45.5 Å². The van der Waals surface area contributed by atoms with Crippen LogP contribution in [0.5, 0.6) is 0 Å². The predicted molar refractivity (Wildman–Crippen MR) is 48.2 cm³/mol. The summed E-state index contributed by atoms with van der Waals surface area (Å²) >= 11 is 0. The zero-order valence-electron chi connectivity index (χ0n) is 7.44. The molecule has 0 fully saturated rings. The van der Waals surface area contributed by atoms with Crippen molar-refractivity contribution in [2.24, 2.45) is 0 Å². The molecule has 0 aromatic carbocycles. The van der Waals surface area contributed by atoms with Crippen LogP contribution >= 0.6 is 0 Å². The Morgan fingerprint density at radius 1 is 1.09 bits per heavy atom. The van der Waals surface area contributed by atoms with Crippen molar-refractivity contribution in [2.75, 3.05) is 6.61 Å². The molecular formula is C10H18O. The summed E-state index contributed by atoms with van der Waals surface area (Å²) in [5.41, 5.74) is 0. The summed E-state index contributed by atoms with van der Waals surface area (Å²) in [5.74, 6) is 0. The molecule has 0 N–H and O–H groups in total. The number of hydrogen-bond acceptors (Lipinski definition) is 1. The summed E-state index contributed by atoms with van der Waals surface area (Å²) < 4.78 is 4.77. The van der Waals surface area contributed by atoms with Crippen molar-refractivity contribution in [3.05, 3.63) is 0 Å². The summed E-state index contributed by atoms with van der Waals surface area (Å²) in [6.45, 7) is 2.95. The van der Waals surface area contributed by atoms with Gasteiger partial charge in [0.1, 0.15) is 12.7 Å². The minimum Gasteiger partial charge on any atom is -0.447 e. The third kappa shape index (κ3) is 9.36. The topological polar surface area (TPSA) is 9.23 Å². The van der Waals surface area contributed by atoms with Crippen LogP contribution in [0.4, 0.5) is 0 Å². The minimum absolute atomic E-state index is 0.725. The fourth-order valence-electron chi connectivity index (χ4n) is 1.01. The first-order valence-electron chi connectivity index (χ1n) is 4.49. The third-order valence-corrected chi connectivity index (χ3v) is 1.68. The van der Waals surface area contributed by atoms with Gasteiger partial charge < -0.3 is 4.74 Å². The van der Waals surface area contributed by atoms with E-state index >= 15 is 0 Å². The molecule has 0 aromatic rings. The molecule has 11 heavy (non-hydrogen) atoms. The second-order valence-corrected chi connectivity index (χ2v) is 2.73. The summed E-state index contributed by atoms with van der Waals surface area (Å²) in [5, 5.41) is 0. The number of hydrogen-bond donors (Lipinski definition) is 0. The van der Waals surface area contributed by atoms with Gasteiger partial charge in [-0.05, 0) is 6.42 Å². The maximum absolute atomic E-state index is 4.92. The van der Waals surface area contributed by atoms with Crippen LogP contribution in [-0.4, -0.2) is 6.61 Å². The van der Waals surface area contributed by atoms with Crippen LogP contribution in [0.15, 0.2) is 0 Å². The van der Waals surface area contributed by atoms with E-state index < -0.39 is 0 Å². The van der Waals surface area contributed by atoms with Gasteiger partial charge in [0.2, 0.25) is 0 Å². The number of terminal acetylenes is 1. The Morgan fingerprint density at radius 2 is 1.73 bits per heavy atom. The van der Waals surface area contributed by atoms with E-state index in [0.29, 0.717) is 0 Å². The maximum atomic E-state index is 4.92. The molecule has 0 atom stereocenters. The lowest BCUT2D eigenvalue weighted by atomic mass is 10.2. The SMILES string of the molecule is C#COC[13CH2]CCCCCC. The molecule has 0 spiro atoms. The quantitative estimate of drug-likeness (QED) is 0.312. The Balaban J connectivity index is 2.75. The van der Waals surface area contributed by atoms with Crippen molar-refractivity contribution >= 4 is 0 Å². The minimum atomic E-state index is 0.725. The Morgan fingerprint density at radius 3 is 2.36 bits per heavy atom. The van der Waals surface area contributed by atoms with E-state index in [2.05, 4.69) is 13.0 Å². The zero-order valence-corrected chi connectivity index (χ0v) is 7.44. The lowest BCUT2D eigenvalue weighted by Gasteiger charge is -1.98. The molecule has 0 bridgehead atoms. The van der Waals surface area contributed by atoms with Gasteiger partial charge in [-0.15, -0.1) is 0 Å². The van der Waals surface area contributed by atoms with E-state index in [-0.39, 0.29) is 0 Å². The molecule has 0 radical (unpaired) electrons. The van der Waals surface area contributed by atoms with Crippen LogP contribution in [0.2, 0.25) is 0 Å². The normalized spacial score (nSPS) is 9.09. The van der Waals surface area contributed by atoms with Crippen molar-refractivity contribution in [3.8, 4) is 12.5 Å². The second kappa shape index (κ2) is 9.36. The highest BCUT2D eigenvalue weighted by Crippen LogP contribution is 2.04. The van der Waals surface area contributed by atoms with Gasteiger partial charge in [0.15, 0.2) is 0 Å². The summed E-state index contributed by atoms with van der Waals surface area (Å²) in [4.78, 5) is 0. The van der Waals surface area contributed by atoms with Crippen LogP contribution in [0.25, 0.3) is 0 Å². The van der Waals surface area contributed by atoms with Gasteiger partial charge >= 0.3 is 0 Å². The lowest BCUT2D eigenvalue weighted by molar-refractivity contribution is 0.267. The molecule has 1 heteroatoms. The predicted octanol–water partition coefficient (Wildman–Crippen LogP) is 2.95.